The van der Waals surface area contributed by atoms with E-state index in [2.05, 4.69) is 243 Å². The van der Waals surface area contributed by atoms with Crippen LogP contribution in [0.2, 0.25) is 0 Å². The molecule has 0 bridgehead atoms. The smallest absolute Gasteiger partial charge is 0.375 e. The lowest BCUT2D eigenvalue weighted by atomic mass is 9.45. The third-order valence-corrected chi connectivity index (χ3v) is 22.5. The van der Waals surface area contributed by atoms with E-state index < -0.39 is 8.07 Å². The van der Waals surface area contributed by atoms with Crippen molar-refractivity contribution in [2.75, 3.05) is 9.71 Å². The van der Waals surface area contributed by atoms with Crippen molar-refractivity contribution in [2.24, 2.45) is 0 Å². The summed E-state index contributed by atoms with van der Waals surface area (Å²) in [6.45, 7) is 23.7. The molecule has 0 saturated carbocycles. The van der Waals surface area contributed by atoms with Crippen LogP contribution in [0.15, 0.2) is 168 Å². The maximum atomic E-state index is 7.82. The number of nitrogens with zero attached hydrogens (tertiary/aromatic N) is 2. The van der Waals surface area contributed by atoms with Crippen molar-refractivity contribution in [3.63, 3.8) is 0 Å². The van der Waals surface area contributed by atoms with Gasteiger partial charge in [0, 0.05) is 33.6 Å². The highest BCUT2D eigenvalue weighted by Crippen LogP contribution is 2.55. The summed E-state index contributed by atoms with van der Waals surface area (Å²) in [5, 5.41) is 7.06. The van der Waals surface area contributed by atoms with Crippen molar-refractivity contribution in [3.8, 4) is 33.4 Å². The largest absolute Gasteiger partial charge is 0.466 e. The maximum Gasteiger partial charge on any atom is 0.375 e. The molecule has 0 N–H and O–H groups in total. The molecule has 0 radical (unpaired) electrons. The zero-order valence-electron chi connectivity index (χ0n) is 42.9. The number of benzene rings is 8. The van der Waals surface area contributed by atoms with Crippen molar-refractivity contribution in [1.82, 2.24) is 0 Å². The highest BCUT2D eigenvalue weighted by Gasteiger charge is 2.59. The van der Waals surface area contributed by atoms with Crippen LogP contribution in [0, 0.1) is 0 Å². The molecule has 14 rings (SSSR count). The topological polar surface area (TPSA) is 19.6 Å². The fourth-order valence-electron chi connectivity index (χ4n) is 13.8. The molecular weight excluding hydrogens is 876 g/mol. The van der Waals surface area contributed by atoms with Gasteiger partial charge >= 0.3 is 6.85 Å². The molecule has 0 fully saturated rings. The molecule has 0 amide bonds. The lowest BCUT2D eigenvalue weighted by Crippen LogP contribution is -2.78. The number of fused-ring (bicyclic) bond motifs is 16. The Labute approximate surface area is 421 Å². The molecule has 0 unspecified atom stereocenters. The van der Waals surface area contributed by atoms with Gasteiger partial charge in [0.05, 0.1) is 11.4 Å². The average Bonchev–Trinajstić information content (AvgIpc) is 3.88. The van der Waals surface area contributed by atoms with Crippen LogP contribution in [0.3, 0.4) is 0 Å². The first-order valence-electron chi connectivity index (χ1n) is 26.0. The summed E-state index contributed by atoms with van der Waals surface area (Å²) in [4.78, 5) is 5.40. The fraction of sp³-hybridized carbons (Fsp3) is 0.242. The summed E-state index contributed by atoms with van der Waals surface area (Å²) >= 11 is 0. The van der Waals surface area contributed by atoms with E-state index in [1.165, 1.54) is 110 Å². The Morgan fingerprint density at radius 1 is 0.479 bits per heavy atom. The molecule has 1 spiro atoms. The van der Waals surface area contributed by atoms with Crippen LogP contribution in [0.25, 0.3) is 44.3 Å². The minimum absolute atomic E-state index is 0.00797. The number of hydrogen-bond acceptors (Lipinski definition) is 3. The third-order valence-electron chi connectivity index (χ3n) is 17.6. The Bertz CT molecular complexity index is 3720. The number of para-hydroxylation sites is 2. The molecule has 5 heteroatoms. The summed E-state index contributed by atoms with van der Waals surface area (Å²) < 4.78 is 7.82. The van der Waals surface area contributed by atoms with E-state index in [0.717, 1.165) is 29.8 Å². The molecule has 1 aromatic heterocycles. The molecular formula is C66H61BN2OSi. The Morgan fingerprint density at radius 2 is 1.06 bits per heavy atom. The van der Waals surface area contributed by atoms with Gasteiger partial charge in [-0.05, 0) is 142 Å². The number of anilines is 5. The molecule has 348 valence electrons. The van der Waals surface area contributed by atoms with Gasteiger partial charge < -0.3 is 14.1 Å². The van der Waals surface area contributed by atoms with Crippen LogP contribution in [-0.2, 0) is 21.7 Å². The molecule has 5 aliphatic rings. The van der Waals surface area contributed by atoms with E-state index in [4.69, 9.17) is 4.42 Å². The summed E-state index contributed by atoms with van der Waals surface area (Å²) in [7, 11) is -2.86. The second kappa shape index (κ2) is 14.2. The first-order chi connectivity index (χ1) is 34.0. The van der Waals surface area contributed by atoms with Crippen molar-refractivity contribution < 1.29 is 4.42 Å². The van der Waals surface area contributed by atoms with Gasteiger partial charge in [0.25, 0.3) is 0 Å². The molecule has 4 aliphatic heterocycles. The first-order valence-corrected chi connectivity index (χ1v) is 28.0. The number of furan rings is 1. The molecule has 0 saturated heterocycles. The van der Waals surface area contributed by atoms with Crippen molar-refractivity contribution in [1.29, 1.82) is 0 Å². The zero-order valence-corrected chi connectivity index (χ0v) is 43.9. The van der Waals surface area contributed by atoms with E-state index in [0.29, 0.717) is 0 Å². The first kappa shape index (κ1) is 43.0. The van der Waals surface area contributed by atoms with Crippen molar-refractivity contribution in [3.05, 3.63) is 186 Å². The predicted octanol–water partition coefficient (Wildman–Crippen LogP) is 13.4. The molecule has 3 nitrogen and oxygen atoms in total. The number of hydrogen-bond donors (Lipinski definition) is 0. The third kappa shape index (κ3) is 5.67. The monoisotopic (exact) mass is 936 g/mol. The number of rotatable bonds is 2. The normalized spacial score (nSPS) is 17.0. The zero-order chi connectivity index (χ0) is 48.7. The van der Waals surface area contributed by atoms with E-state index in [1.807, 2.05) is 0 Å². The Balaban J connectivity index is 1.16. The Hall–Kier alpha value is -6.82. The van der Waals surface area contributed by atoms with Gasteiger partial charge in [0.15, 0.2) is 8.07 Å². The van der Waals surface area contributed by atoms with Crippen LogP contribution in [0.4, 0.5) is 28.4 Å². The van der Waals surface area contributed by atoms with E-state index in [-0.39, 0.29) is 28.5 Å². The van der Waals surface area contributed by atoms with Crippen molar-refractivity contribution in [2.45, 2.75) is 104 Å². The molecule has 9 aromatic rings. The molecule has 5 heterocycles. The van der Waals surface area contributed by atoms with Gasteiger partial charge in [-0.15, -0.1) is 0 Å². The van der Waals surface area contributed by atoms with Gasteiger partial charge in [-0.1, -0.05) is 197 Å². The summed E-state index contributed by atoms with van der Waals surface area (Å²) in [5.41, 5.74) is 22.6. The molecule has 0 atom stereocenters. The van der Waals surface area contributed by atoms with E-state index in [9.17, 15) is 0 Å². The second-order valence-corrected chi connectivity index (χ2v) is 28.4. The van der Waals surface area contributed by atoms with Gasteiger partial charge in [0.2, 0.25) is 0 Å². The summed E-state index contributed by atoms with van der Waals surface area (Å²) in [6.07, 6.45) is 2.28. The molecule has 71 heavy (non-hydrogen) atoms. The summed E-state index contributed by atoms with van der Waals surface area (Å²) in [6, 6.07) is 63.9. The SMILES string of the molecule is CC(C)(C)c1ccc(N2c3cc(C(C)(C)C)cc4c3B(c3oc5cc6c(cc5c32)C(C)(C)CCC6(C)C)N2c3ccccc3[Si]3(c5ccccc5-c5ccccc53)c3cccc-4c32)c(-c2ccccc2)c1. The Kier molecular flexibility index (Phi) is 8.60. The van der Waals surface area contributed by atoms with Crippen LogP contribution >= 0.6 is 0 Å². The van der Waals surface area contributed by atoms with Crippen LogP contribution in [0.5, 0.6) is 0 Å². The van der Waals surface area contributed by atoms with Crippen LogP contribution in [-0.4, -0.2) is 14.9 Å². The van der Waals surface area contributed by atoms with E-state index >= 15 is 0 Å². The maximum absolute atomic E-state index is 7.82. The average molecular weight is 937 g/mol. The van der Waals surface area contributed by atoms with Gasteiger partial charge in [0.1, 0.15) is 11.2 Å². The van der Waals surface area contributed by atoms with Gasteiger partial charge in [-0.3, -0.25) is 0 Å². The van der Waals surface area contributed by atoms with Crippen LogP contribution in [0.1, 0.15) is 104 Å². The van der Waals surface area contributed by atoms with Crippen molar-refractivity contribution >= 4 is 86.2 Å². The standard InChI is InChI=1S/C66H61BN2OSi/c1-63(2,3)41-31-32-51(46(35-41)40-21-12-11-13-22-40)68-53-37-42(64(4,5)6)36-47-45-25-20-30-58-60(45)69(52-26-16-19-29-57(52)71(58)55-27-17-14-23-43(55)44-24-15-18-28-56(44)71)67(59(47)53)62-61(68)48-38-49-50(39-54(48)70-62)66(9,10)34-33-65(49,7)8/h11-32,35-39H,33-34H2,1-10H3. The summed E-state index contributed by atoms with van der Waals surface area (Å²) in [5.74, 6) is 0. The quantitative estimate of drug-likeness (QED) is 0.161. The van der Waals surface area contributed by atoms with Gasteiger partial charge in [-0.2, -0.15) is 0 Å². The fourth-order valence-corrected chi connectivity index (χ4v) is 19.4. The van der Waals surface area contributed by atoms with Crippen LogP contribution < -0.4 is 41.6 Å². The minimum atomic E-state index is -2.86. The minimum Gasteiger partial charge on any atom is -0.466 e. The highest BCUT2D eigenvalue weighted by atomic mass is 28.3. The predicted molar refractivity (Wildman–Crippen MR) is 304 cm³/mol. The molecule has 8 aromatic carbocycles. The van der Waals surface area contributed by atoms with E-state index in [1.54, 1.807) is 0 Å². The lowest BCUT2D eigenvalue weighted by Gasteiger charge is -2.51. The second-order valence-electron chi connectivity index (χ2n) is 24.7. The Morgan fingerprint density at radius 3 is 1.73 bits per heavy atom. The lowest BCUT2D eigenvalue weighted by molar-refractivity contribution is 0.332. The molecule has 1 aliphatic carbocycles. The van der Waals surface area contributed by atoms with Gasteiger partial charge in [-0.25, -0.2) is 0 Å². The highest BCUT2D eigenvalue weighted by molar-refractivity contribution is 7.24.